The van der Waals surface area contributed by atoms with E-state index in [1.54, 1.807) is 0 Å². The normalized spacial score (nSPS) is 23.5. The second-order valence-corrected chi connectivity index (χ2v) is 4.03. The first-order valence-corrected chi connectivity index (χ1v) is 5.37. The summed E-state index contributed by atoms with van der Waals surface area (Å²) in [5.41, 5.74) is 2.84. The number of nitriles is 1. The number of aryl methyl sites for hydroxylation is 2. The molecule has 78 valence electrons. The van der Waals surface area contributed by atoms with Crippen molar-refractivity contribution in [1.29, 1.82) is 5.26 Å². The minimum atomic E-state index is -0.684. The maximum absolute atomic E-state index is 9.31. The maximum Gasteiger partial charge on any atom is 0.180 e. The molecular weight excluding hydrogens is 186 g/mol. The van der Waals surface area contributed by atoms with E-state index in [-0.39, 0.29) is 0 Å². The predicted molar refractivity (Wildman–Crippen MR) is 58.4 cm³/mol. The second kappa shape index (κ2) is 3.67. The fraction of sp³-hybridized carbons (Fsp3) is 0.462. The van der Waals surface area contributed by atoms with Crippen molar-refractivity contribution in [1.82, 2.24) is 0 Å². The number of hydrogen-bond acceptors (Lipinski definition) is 2. The fourth-order valence-corrected chi connectivity index (χ4v) is 2.27. The zero-order valence-electron chi connectivity index (χ0n) is 9.21. The van der Waals surface area contributed by atoms with Gasteiger partial charge in [0.15, 0.2) is 5.60 Å². The van der Waals surface area contributed by atoms with Crippen molar-refractivity contribution in [2.24, 2.45) is 0 Å². The van der Waals surface area contributed by atoms with Crippen LogP contribution in [0.5, 0.6) is 0 Å². The van der Waals surface area contributed by atoms with Crippen LogP contribution >= 0.6 is 0 Å². The summed E-state index contributed by atoms with van der Waals surface area (Å²) in [4.78, 5) is 0. The van der Waals surface area contributed by atoms with Crippen molar-refractivity contribution in [3.63, 3.8) is 0 Å². The molecule has 2 nitrogen and oxygen atoms in total. The van der Waals surface area contributed by atoms with Gasteiger partial charge < -0.3 is 4.74 Å². The molecule has 0 fully saturated rings. The van der Waals surface area contributed by atoms with E-state index in [9.17, 15) is 5.26 Å². The number of benzene rings is 1. The molecule has 0 radical (unpaired) electrons. The van der Waals surface area contributed by atoms with Gasteiger partial charge >= 0.3 is 0 Å². The highest BCUT2D eigenvalue weighted by Crippen LogP contribution is 2.39. The molecule has 15 heavy (non-hydrogen) atoms. The zero-order chi connectivity index (χ0) is 10.9. The van der Waals surface area contributed by atoms with Crippen molar-refractivity contribution in [3.05, 3.63) is 34.9 Å². The molecule has 1 unspecified atom stereocenters. The molecule has 0 saturated heterocycles. The van der Waals surface area contributed by atoms with Crippen LogP contribution in [0.15, 0.2) is 18.2 Å². The average Bonchev–Trinajstić information content (AvgIpc) is 2.58. The monoisotopic (exact) mass is 201 g/mol. The fourth-order valence-electron chi connectivity index (χ4n) is 2.27. The van der Waals surface area contributed by atoms with Crippen LogP contribution in [-0.2, 0) is 16.8 Å². The Morgan fingerprint density at radius 2 is 2.33 bits per heavy atom. The molecule has 0 N–H and O–H groups in total. The lowest BCUT2D eigenvalue weighted by Gasteiger charge is -2.22. The number of hydrogen-bond donors (Lipinski definition) is 0. The van der Waals surface area contributed by atoms with Crippen LogP contribution in [0.4, 0.5) is 0 Å². The van der Waals surface area contributed by atoms with Crippen LogP contribution in [0.3, 0.4) is 0 Å². The number of nitrogens with zero attached hydrogens (tertiary/aromatic N) is 1. The highest BCUT2D eigenvalue weighted by atomic mass is 16.5. The van der Waals surface area contributed by atoms with Gasteiger partial charge in [-0.15, -0.1) is 0 Å². The van der Waals surface area contributed by atoms with Crippen LogP contribution < -0.4 is 0 Å². The van der Waals surface area contributed by atoms with Gasteiger partial charge in [-0.05, 0) is 32.3 Å². The first kappa shape index (κ1) is 10.2. The summed E-state index contributed by atoms with van der Waals surface area (Å²) in [5.74, 6) is 0. The predicted octanol–water partition coefficient (Wildman–Crippen LogP) is 2.70. The summed E-state index contributed by atoms with van der Waals surface area (Å²) >= 11 is 0. The molecule has 0 spiro atoms. The summed E-state index contributed by atoms with van der Waals surface area (Å²) in [6, 6.07) is 8.63. The molecular formula is C13H15NO. The van der Waals surface area contributed by atoms with Gasteiger partial charge in [0.25, 0.3) is 0 Å². The van der Waals surface area contributed by atoms with Crippen LogP contribution in [0.1, 0.15) is 30.0 Å². The summed E-state index contributed by atoms with van der Waals surface area (Å²) in [6.07, 6.45) is 1.74. The Labute approximate surface area is 90.5 Å². The molecule has 1 aromatic rings. The summed E-state index contributed by atoms with van der Waals surface area (Å²) in [5, 5.41) is 9.31. The van der Waals surface area contributed by atoms with Gasteiger partial charge in [-0.2, -0.15) is 5.26 Å². The molecule has 1 atom stereocenters. The Balaban J connectivity index is 2.50. The second-order valence-electron chi connectivity index (χ2n) is 4.03. The van der Waals surface area contributed by atoms with Crippen molar-refractivity contribution in [3.8, 4) is 6.07 Å². The summed E-state index contributed by atoms with van der Waals surface area (Å²) in [6.45, 7) is 4.57. The third-order valence-electron chi connectivity index (χ3n) is 3.02. The molecule has 0 bridgehead atoms. The van der Waals surface area contributed by atoms with Crippen LogP contribution in [0, 0.1) is 18.3 Å². The number of fused-ring (bicyclic) bond motifs is 1. The number of ether oxygens (including phenoxy) is 1. The van der Waals surface area contributed by atoms with Crippen LogP contribution in [0.2, 0.25) is 0 Å². The highest BCUT2D eigenvalue weighted by molar-refractivity contribution is 5.43. The average molecular weight is 201 g/mol. The van der Waals surface area contributed by atoms with Crippen molar-refractivity contribution in [2.45, 2.75) is 32.3 Å². The van der Waals surface area contributed by atoms with Gasteiger partial charge in [0, 0.05) is 12.2 Å². The van der Waals surface area contributed by atoms with E-state index in [0.29, 0.717) is 6.61 Å². The molecule has 0 amide bonds. The van der Waals surface area contributed by atoms with Crippen LogP contribution in [-0.4, -0.2) is 6.61 Å². The molecule has 0 heterocycles. The standard InChI is InChI=1S/C13H15NO/c1-3-15-13(9-14)7-6-11-5-4-10(2)8-12(11)13/h4-5,8H,3,6-7H2,1-2H3. The quantitative estimate of drug-likeness (QED) is 0.737. The van der Waals surface area contributed by atoms with Gasteiger partial charge in [-0.3, -0.25) is 0 Å². The molecule has 2 rings (SSSR count). The van der Waals surface area contributed by atoms with E-state index in [2.05, 4.69) is 24.3 Å². The van der Waals surface area contributed by atoms with Gasteiger partial charge in [0.2, 0.25) is 0 Å². The van der Waals surface area contributed by atoms with Gasteiger partial charge in [-0.25, -0.2) is 0 Å². The topological polar surface area (TPSA) is 33.0 Å². The Hall–Kier alpha value is -1.33. The van der Waals surface area contributed by atoms with Crippen LogP contribution in [0.25, 0.3) is 0 Å². The SMILES string of the molecule is CCOC1(C#N)CCc2ccc(C)cc21. The lowest BCUT2D eigenvalue weighted by Crippen LogP contribution is -2.24. The minimum Gasteiger partial charge on any atom is -0.356 e. The minimum absolute atomic E-state index is 0.584. The van der Waals surface area contributed by atoms with E-state index in [1.807, 2.05) is 13.8 Å². The van der Waals surface area contributed by atoms with Crippen molar-refractivity contribution in [2.75, 3.05) is 6.61 Å². The molecule has 0 aromatic heterocycles. The van der Waals surface area contributed by atoms with E-state index in [1.165, 1.54) is 11.1 Å². The molecule has 1 aromatic carbocycles. The highest BCUT2D eigenvalue weighted by Gasteiger charge is 2.39. The summed E-state index contributed by atoms with van der Waals surface area (Å²) in [7, 11) is 0. The molecule has 0 aliphatic heterocycles. The number of rotatable bonds is 2. The molecule has 1 aliphatic rings. The van der Waals surface area contributed by atoms with E-state index in [0.717, 1.165) is 18.4 Å². The van der Waals surface area contributed by atoms with Crippen molar-refractivity contribution >= 4 is 0 Å². The Kier molecular flexibility index (Phi) is 2.50. The molecule has 1 aliphatic carbocycles. The van der Waals surface area contributed by atoms with Gasteiger partial charge in [0.05, 0.1) is 0 Å². The maximum atomic E-state index is 9.31. The van der Waals surface area contributed by atoms with E-state index < -0.39 is 5.60 Å². The Morgan fingerprint density at radius 3 is 3.00 bits per heavy atom. The molecule has 2 heteroatoms. The van der Waals surface area contributed by atoms with Gasteiger partial charge in [-0.1, -0.05) is 23.8 Å². The largest absolute Gasteiger partial charge is 0.356 e. The van der Waals surface area contributed by atoms with Crippen molar-refractivity contribution < 1.29 is 4.74 Å². The third kappa shape index (κ3) is 1.53. The first-order chi connectivity index (χ1) is 7.22. The summed E-state index contributed by atoms with van der Waals surface area (Å²) < 4.78 is 5.66. The smallest absolute Gasteiger partial charge is 0.180 e. The third-order valence-corrected chi connectivity index (χ3v) is 3.02. The Bertz CT molecular complexity index is 415. The van der Waals surface area contributed by atoms with E-state index >= 15 is 0 Å². The lowest BCUT2D eigenvalue weighted by atomic mass is 9.96. The first-order valence-electron chi connectivity index (χ1n) is 5.37. The Morgan fingerprint density at radius 1 is 1.53 bits per heavy atom. The van der Waals surface area contributed by atoms with Gasteiger partial charge in [0.1, 0.15) is 6.07 Å². The lowest BCUT2D eigenvalue weighted by molar-refractivity contribution is 0.00329. The van der Waals surface area contributed by atoms with E-state index in [4.69, 9.17) is 4.74 Å². The molecule has 0 saturated carbocycles. The zero-order valence-corrected chi connectivity index (χ0v) is 9.21.